The van der Waals surface area contributed by atoms with Crippen molar-refractivity contribution in [2.24, 2.45) is 5.10 Å². The van der Waals surface area contributed by atoms with E-state index in [2.05, 4.69) is 29.5 Å². The first-order valence-electron chi connectivity index (χ1n) is 11.4. The van der Waals surface area contributed by atoms with Crippen molar-refractivity contribution in [3.8, 4) is 0 Å². The predicted molar refractivity (Wildman–Crippen MR) is 112 cm³/mol. The smallest absolute Gasteiger partial charge is 0.0569 e. The van der Waals surface area contributed by atoms with Gasteiger partial charge in [-0.05, 0) is 12.8 Å². The number of nitrogens with zero attached hydrogens (tertiary/aromatic N) is 2. The monoisotopic (exact) mass is 351 g/mol. The molecule has 1 unspecified atom stereocenters. The molecular formula is C22H45N3. The van der Waals surface area contributed by atoms with E-state index in [-0.39, 0.29) is 0 Å². The van der Waals surface area contributed by atoms with Gasteiger partial charge in [-0.1, -0.05) is 110 Å². The zero-order valence-corrected chi connectivity index (χ0v) is 17.3. The van der Waals surface area contributed by atoms with Crippen molar-refractivity contribution in [1.82, 2.24) is 10.5 Å². The normalized spacial score (nSPS) is 15.6. The minimum atomic E-state index is 0.657. The number of hydrazine groups is 1. The Morgan fingerprint density at radius 2 is 1.24 bits per heavy atom. The van der Waals surface area contributed by atoms with Crippen molar-refractivity contribution in [3.05, 3.63) is 0 Å². The van der Waals surface area contributed by atoms with Crippen molar-refractivity contribution >= 4 is 6.21 Å². The molecule has 1 atom stereocenters. The van der Waals surface area contributed by atoms with Crippen LogP contribution in [0.5, 0.6) is 0 Å². The zero-order chi connectivity index (χ0) is 18.0. The molecule has 0 radical (unpaired) electrons. The molecule has 148 valence electrons. The van der Waals surface area contributed by atoms with Gasteiger partial charge >= 0.3 is 0 Å². The maximum atomic E-state index is 4.11. The summed E-state index contributed by atoms with van der Waals surface area (Å²) in [6, 6.07) is 0.657. The first kappa shape index (κ1) is 22.5. The Labute approximate surface area is 158 Å². The number of nitrogens with one attached hydrogen (secondary N) is 1. The van der Waals surface area contributed by atoms with Crippen LogP contribution < -0.4 is 5.53 Å². The molecule has 1 N–H and O–H groups in total. The zero-order valence-electron chi connectivity index (χ0n) is 17.3. The third-order valence-electron chi connectivity index (χ3n) is 5.61. The standard InChI is InChI=1S/C22H45N3/c1-3-5-6-7-8-9-10-11-12-13-14-15-16-17-18-19-22(4-2)25-21-20-23-24-25/h20,22,24H,3-19,21H2,1-2H3. The number of hydrogen-bond donors (Lipinski definition) is 1. The highest BCUT2D eigenvalue weighted by molar-refractivity contribution is 5.60. The van der Waals surface area contributed by atoms with Gasteiger partial charge < -0.3 is 0 Å². The van der Waals surface area contributed by atoms with Gasteiger partial charge in [0.15, 0.2) is 0 Å². The van der Waals surface area contributed by atoms with Crippen LogP contribution >= 0.6 is 0 Å². The summed E-state index contributed by atoms with van der Waals surface area (Å²) in [5.41, 5.74) is 3.11. The molecule has 0 saturated heterocycles. The van der Waals surface area contributed by atoms with Gasteiger partial charge in [0.05, 0.1) is 6.54 Å². The molecule has 0 amide bonds. The van der Waals surface area contributed by atoms with Crippen LogP contribution in [0.4, 0.5) is 0 Å². The number of rotatable bonds is 18. The van der Waals surface area contributed by atoms with Crippen molar-refractivity contribution < 1.29 is 0 Å². The molecule has 1 aliphatic rings. The van der Waals surface area contributed by atoms with Gasteiger partial charge in [-0.15, -0.1) is 0 Å². The summed E-state index contributed by atoms with van der Waals surface area (Å²) < 4.78 is 0. The lowest BCUT2D eigenvalue weighted by Gasteiger charge is -2.25. The van der Waals surface area contributed by atoms with E-state index in [1.54, 1.807) is 0 Å². The van der Waals surface area contributed by atoms with E-state index in [1.807, 2.05) is 6.21 Å². The first-order valence-corrected chi connectivity index (χ1v) is 11.4. The Kier molecular flexibility index (Phi) is 15.2. The van der Waals surface area contributed by atoms with Crippen LogP contribution in [0.15, 0.2) is 5.10 Å². The van der Waals surface area contributed by atoms with E-state index < -0.39 is 0 Å². The van der Waals surface area contributed by atoms with Gasteiger partial charge in [0.25, 0.3) is 0 Å². The lowest BCUT2D eigenvalue weighted by molar-refractivity contribution is 0.151. The molecule has 1 aliphatic heterocycles. The molecule has 0 aliphatic carbocycles. The average molecular weight is 352 g/mol. The summed E-state index contributed by atoms with van der Waals surface area (Å²) in [7, 11) is 0. The Morgan fingerprint density at radius 3 is 1.64 bits per heavy atom. The Hall–Kier alpha value is -0.570. The van der Waals surface area contributed by atoms with Gasteiger partial charge in [-0.2, -0.15) is 10.1 Å². The highest BCUT2D eigenvalue weighted by Gasteiger charge is 2.17. The number of unbranched alkanes of at least 4 members (excludes halogenated alkanes) is 14. The summed E-state index contributed by atoms with van der Waals surface area (Å²) >= 11 is 0. The fraction of sp³-hybridized carbons (Fsp3) is 0.955. The maximum Gasteiger partial charge on any atom is 0.0569 e. The minimum absolute atomic E-state index is 0.657. The van der Waals surface area contributed by atoms with Crippen molar-refractivity contribution in [2.75, 3.05) is 6.54 Å². The van der Waals surface area contributed by atoms with Crippen molar-refractivity contribution in [3.63, 3.8) is 0 Å². The van der Waals surface area contributed by atoms with Crippen LogP contribution in [-0.2, 0) is 0 Å². The SMILES string of the molecule is CCCCCCCCCCCCCCCCCC(CC)N1CC=NN1. The minimum Gasteiger partial charge on any atom is -0.240 e. The summed E-state index contributed by atoms with van der Waals surface area (Å²) in [6.07, 6.45) is 26.1. The lowest BCUT2D eigenvalue weighted by atomic mass is 10.0. The fourth-order valence-corrected chi connectivity index (χ4v) is 3.85. The Bertz CT molecular complexity index is 296. The van der Waals surface area contributed by atoms with E-state index in [4.69, 9.17) is 0 Å². The van der Waals surface area contributed by atoms with Crippen LogP contribution in [0.3, 0.4) is 0 Å². The van der Waals surface area contributed by atoms with Gasteiger partial charge in [0.1, 0.15) is 0 Å². The third kappa shape index (κ3) is 12.4. The van der Waals surface area contributed by atoms with Crippen LogP contribution in [0, 0.1) is 0 Å². The second kappa shape index (κ2) is 16.9. The van der Waals surface area contributed by atoms with Crippen molar-refractivity contribution in [2.45, 2.75) is 129 Å². The van der Waals surface area contributed by atoms with Crippen LogP contribution in [0.1, 0.15) is 123 Å². The molecular weight excluding hydrogens is 306 g/mol. The number of hydrogen-bond acceptors (Lipinski definition) is 3. The fourth-order valence-electron chi connectivity index (χ4n) is 3.85. The summed E-state index contributed by atoms with van der Waals surface area (Å²) in [6.45, 7) is 5.55. The average Bonchev–Trinajstić information content (AvgIpc) is 3.16. The van der Waals surface area contributed by atoms with Gasteiger partial charge in [-0.25, -0.2) is 5.53 Å². The highest BCUT2D eigenvalue weighted by Crippen LogP contribution is 2.16. The Morgan fingerprint density at radius 1 is 0.760 bits per heavy atom. The third-order valence-corrected chi connectivity index (χ3v) is 5.61. The predicted octanol–water partition coefficient (Wildman–Crippen LogP) is 6.83. The molecule has 0 spiro atoms. The Balaban J connectivity index is 1.75. The van der Waals surface area contributed by atoms with E-state index in [9.17, 15) is 0 Å². The molecule has 0 aromatic carbocycles. The van der Waals surface area contributed by atoms with Crippen molar-refractivity contribution in [1.29, 1.82) is 0 Å². The van der Waals surface area contributed by atoms with Crippen LogP contribution in [0.25, 0.3) is 0 Å². The molecule has 1 rings (SSSR count). The second-order valence-corrected chi connectivity index (χ2v) is 7.86. The molecule has 25 heavy (non-hydrogen) atoms. The summed E-state index contributed by atoms with van der Waals surface area (Å²) in [4.78, 5) is 0. The highest BCUT2D eigenvalue weighted by atomic mass is 15.7. The van der Waals surface area contributed by atoms with E-state index >= 15 is 0 Å². The molecule has 1 heterocycles. The molecule has 0 aromatic rings. The van der Waals surface area contributed by atoms with E-state index in [0.29, 0.717) is 6.04 Å². The number of hydrazone groups is 1. The molecule has 0 bridgehead atoms. The lowest BCUT2D eigenvalue weighted by Crippen LogP contribution is -2.39. The topological polar surface area (TPSA) is 27.6 Å². The van der Waals surface area contributed by atoms with Gasteiger partial charge in [0.2, 0.25) is 0 Å². The molecule has 0 saturated carbocycles. The molecule has 3 nitrogen and oxygen atoms in total. The van der Waals surface area contributed by atoms with E-state index in [1.165, 1.54) is 109 Å². The van der Waals surface area contributed by atoms with Crippen LogP contribution in [-0.4, -0.2) is 23.8 Å². The molecule has 0 fully saturated rings. The van der Waals surface area contributed by atoms with Crippen LogP contribution in [0.2, 0.25) is 0 Å². The second-order valence-electron chi connectivity index (χ2n) is 7.86. The van der Waals surface area contributed by atoms with Gasteiger partial charge in [-0.3, -0.25) is 0 Å². The summed E-state index contributed by atoms with van der Waals surface area (Å²) in [5, 5.41) is 6.39. The largest absolute Gasteiger partial charge is 0.240 e. The first-order chi connectivity index (χ1) is 12.4. The maximum absolute atomic E-state index is 4.11. The van der Waals surface area contributed by atoms with Gasteiger partial charge in [0, 0.05) is 12.3 Å². The summed E-state index contributed by atoms with van der Waals surface area (Å²) in [5.74, 6) is 0. The molecule has 3 heteroatoms. The quantitative estimate of drug-likeness (QED) is 0.274. The molecule has 0 aromatic heterocycles. The van der Waals surface area contributed by atoms with E-state index in [0.717, 1.165) is 6.54 Å².